The summed E-state index contributed by atoms with van der Waals surface area (Å²) in [6.07, 6.45) is -0.538. The molecule has 2 unspecified atom stereocenters. The number of aromatic nitrogens is 1. The number of hydrogen-bond acceptors (Lipinski definition) is 9. The van der Waals surface area contributed by atoms with Crippen molar-refractivity contribution in [2.45, 2.75) is 32.0 Å². The Kier molecular flexibility index (Phi) is 11.8. The van der Waals surface area contributed by atoms with Gasteiger partial charge in [-0.05, 0) is 37.2 Å². The number of pyridine rings is 1. The Morgan fingerprint density at radius 2 is 1.80 bits per heavy atom. The Hall–Kier alpha value is -3.84. The third-order valence-corrected chi connectivity index (χ3v) is 6.29. The highest BCUT2D eigenvalue weighted by atomic mass is 35.5. The molecule has 0 fully saturated rings. The average molecular weight is 590 g/mol. The van der Waals surface area contributed by atoms with Crippen LogP contribution >= 0.6 is 11.6 Å². The maximum Gasteiger partial charge on any atom is 0.412 e. The number of halogens is 2. The molecule has 2 amide bonds. The van der Waals surface area contributed by atoms with Crippen molar-refractivity contribution in [3.63, 3.8) is 0 Å². The van der Waals surface area contributed by atoms with E-state index in [1.54, 1.807) is 37.3 Å². The van der Waals surface area contributed by atoms with Crippen molar-refractivity contribution in [3.05, 3.63) is 71.1 Å². The van der Waals surface area contributed by atoms with Gasteiger partial charge in [-0.1, -0.05) is 48.0 Å². The number of likely N-dealkylation sites (N-methyl/N-ethyl adjacent to an activating group) is 1. The number of aliphatic hydroxyl groups excluding tert-OH is 1. The predicted octanol–water partition coefficient (Wildman–Crippen LogP) is 3.35. The Morgan fingerprint density at radius 3 is 2.51 bits per heavy atom. The van der Waals surface area contributed by atoms with Gasteiger partial charge in [0.15, 0.2) is 0 Å². The topological polar surface area (TPSA) is 133 Å². The number of aliphatic hydroxyl groups is 1. The number of fused-ring (bicyclic) bond motifs is 1. The van der Waals surface area contributed by atoms with Gasteiger partial charge in [0.25, 0.3) is 0 Å². The maximum atomic E-state index is 13.9. The second kappa shape index (κ2) is 15.2. The lowest BCUT2D eigenvalue weighted by molar-refractivity contribution is -0.149. The van der Waals surface area contributed by atoms with Crippen molar-refractivity contribution in [1.29, 1.82) is 0 Å². The Bertz CT molecular complexity index is 1360. The van der Waals surface area contributed by atoms with Crippen LogP contribution in [0.25, 0.3) is 10.8 Å². The minimum absolute atomic E-state index is 0.0256. The number of anilines is 1. The first-order valence-electron chi connectivity index (χ1n) is 12.8. The fourth-order valence-corrected chi connectivity index (χ4v) is 4.13. The van der Waals surface area contributed by atoms with Crippen LogP contribution in [0, 0.1) is 5.82 Å². The van der Waals surface area contributed by atoms with Crippen molar-refractivity contribution in [1.82, 2.24) is 20.3 Å². The highest BCUT2D eigenvalue weighted by Crippen LogP contribution is 2.20. The number of carbonyl (C=O) groups is 3. The highest BCUT2D eigenvalue weighted by Gasteiger charge is 2.27. The number of amides is 2. The van der Waals surface area contributed by atoms with Crippen LogP contribution in [0.5, 0.6) is 0 Å². The van der Waals surface area contributed by atoms with Crippen LogP contribution in [0.15, 0.2) is 54.7 Å². The molecule has 220 valence electrons. The van der Waals surface area contributed by atoms with Crippen molar-refractivity contribution in [3.8, 4) is 0 Å². The summed E-state index contributed by atoms with van der Waals surface area (Å²) in [4.78, 5) is 42.9. The molecule has 0 aliphatic carbocycles. The number of esters is 1. The summed E-state index contributed by atoms with van der Waals surface area (Å²) >= 11 is 6.05. The maximum absolute atomic E-state index is 13.9. The van der Waals surface area contributed by atoms with Crippen molar-refractivity contribution in [2.24, 2.45) is 0 Å². The first kappa shape index (κ1) is 31.7. The minimum Gasteiger partial charge on any atom is -0.462 e. The Morgan fingerprint density at radius 1 is 1.07 bits per heavy atom. The molecule has 3 aromatic rings. The number of hydrazine groups is 1. The van der Waals surface area contributed by atoms with E-state index in [9.17, 15) is 23.9 Å². The summed E-state index contributed by atoms with van der Waals surface area (Å²) in [6, 6.07) is 12.6. The van der Waals surface area contributed by atoms with Crippen molar-refractivity contribution in [2.75, 3.05) is 39.2 Å². The first-order valence-corrected chi connectivity index (χ1v) is 13.1. The molecular formula is C28H33ClFN5O6. The number of ether oxygens (including phenoxy) is 2. The molecule has 2 atom stereocenters. The molecule has 0 aliphatic heterocycles. The zero-order valence-electron chi connectivity index (χ0n) is 23.0. The van der Waals surface area contributed by atoms with Crippen LogP contribution in [0.2, 0.25) is 5.02 Å². The predicted molar refractivity (Wildman–Crippen MR) is 151 cm³/mol. The van der Waals surface area contributed by atoms with E-state index in [-0.39, 0.29) is 43.6 Å². The van der Waals surface area contributed by atoms with Gasteiger partial charge in [-0.3, -0.25) is 24.8 Å². The summed E-state index contributed by atoms with van der Waals surface area (Å²) in [5.41, 5.74) is 3.26. The summed E-state index contributed by atoms with van der Waals surface area (Å²) in [6.45, 7) is 0.588. The Balaban J connectivity index is 1.70. The lowest BCUT2D eigenvalue weighted by Crippen LogP contribution is -2.52. The lowest BCUT2D eigenvalue weighted by atomic mass is 10.1. The highest BCUT2D eigenvalue weighted by molar-refractivity contribution is 6.31. The molecule has 3 rings (SSSR count). The molecule has 0 radical (unpaired) electrons. The van der Waals surface area contributed by atoms with Crippen LogP contribution in [0.1, 0.15) is 18.9 Å². The minimum atomic E-state index is -1.19. The summed E-state index contributed by atoms with van der Waals surface area (Å²) in [5, 5.41) is 16.0. The van der Waals surface area contributed by atoms with Crippen LogP contribution in [-0.4, -0.2) is 84.0 Å². The number of hydrogen-bond donors (Lipinski definition) is 3. The fourth-order valence-electron chi connectivity index (χ4n) is 3.94. The second-order valence-electron chi connectivity index (χ2n) is 9.54. The number of nitrogens with zero attached hydrogens (tertiary/aromatic N) is 3. The number of carbonyl (C=O) groups excluding carboxylic acids is 3. The van der Waals surface area contributed by atoms with E-state index in [0.717, 1.165) is 15.8 Å². The number of nitrogens with one attached hydrogen (secondary N) is 2. The molecule has 0 aliphatic rings. The third kappa shape index (κ3) is 9.94. The zero-order chi connectivity index (χ0) is 29.9. The molecule has 1 aromatic heterocycles. The smallest absolute Gasteiger partial charge is 0.412 e. The first-order chi connectivity index (χ1) is 19.5. The molecule has 3 N–H and O–H groups in total. The molecule has 0 saturated carbocycles. The van der Waals surface area contributed by atoms with Gasteiger partial charge in [0.2, 0.25) is 5.91 Å². The standard InChI is InChI=1S/C28H33ClFN5O6/c1-18(36)35(32-14-21-9-6-10-24(30)27(21)29)22(12-23(37)17-40-26(38)15-34(2)3)16-41-28(39)33-25-11-19-7-4-5-8-20(19)13-31-25/h4-11,13,22-23,32,37H,12,14-17H2,1-3H3,(H,31,33,39). The second-order valence-corrected chi connectivity index (χ2v) is 9.92. The monoisotopic (exact) mass is 589 g/mol. The molecule has 1 heterocycles. The van der Waals surface area contributed by atoms with Crippen LogP contribution in [-0.2, 0) is 25.6 Å². The van der Waals surface area contributed by atoms with Crippen LogP contribution in [0.4, 0.5) is 15.0 Å². The van der Waals surface area contributed by atoms with Crippen LogP contribution in [0.3, 0.4) is 0 Å². The van der Waals surface area contributed by atoms with E-state index >= 15 is 0 Å². The van der Waals surface area contributed by atoms with Gasteiger partial charge < -0.3 is 14.6 Å². The van der Waals surface area contributed by atoms with Crippen LogP contribution < -0.4 is 10.7 Å². The quantitative estimate of drug-likeness (QED) is 0.203. The van der Waals surface area contributed by atoms with Gasteiger partial charge in [-0.15, -0.1) is 0 Å². The lowest BCUT2D eigenvalue weighted by Gasteiger charge is -2.32. The molecular weight excluding hydrogens is 557 g/mol. The number of rotatable bonds is 13. The normalized spacial score (nSPS) is 12.6. The molecule has 13 heteroatoms. The van der Waals surface area contributed by atoms with Gasteiger partial charge in [0, 0.05) is 31.5 Å². The largest absolute Gasteiger partial charge is 0.462 e. The van der Waals surface area contributed by atoms with E-state index in [1.807, 2.05) is 24.3 Å². The molecule has 41 heavy (non-hydrogen) atoms. The van der Waals surface area contributed by atoms with Crippen molar-refractivity contribution < 1.29 is 33.4 Å². The van der Waals surface area contributed by atoms with E-state index < -0.39 is 35.9 Å². The molecule has 0 spiro atoms. The van der Waals surface area contributed by atoms with Gasteiger partial charge in [0.1, 0.15) is 24.8 Å². The SMILES string of the molecule is CC(=O)N(NCc1cccc(F)c1Cl)C(COC(=O)Nc1cc2ccccc2cn1)CC(O)COC(=O)CN(C)C. The molecule has 11 nitrogen and oxygen atoms in total. The average Bonchev–Trinajstić information content (AvgIpc) is 2.92. The van der Waals surface area contributed by atoms with Crippen molar-refractivity contribution >= 4 is 46.2 Å². The summed E-state index contributed by atoms with van der Waals surface area (Å²) in [7, 11) is 3.40. The van der Waals surface area contributed by atoms with Gasteiger partial charge in [0.05, 0.1) is 23.7 Å². The molecule has 0 bridgehead atoms. The van der Waals surface area contributed by atoms with Gasteiger partial charge >= 0.3 is 12.1 Å². The molecule has 2 aromatic carbocycles. The Labute approximate surface area is 242 Å². The zero-order valence-corrected chi connectivity index (χ0v) is 23.7. The van der Waals surface area contributed by atoms with E-state index in [0.29, 0.717) is 5.56 Å². The number of benzene rings is 2. The van der Waals surface area contributed by atoms with Gasteiger partial charge in [-0.25, -0.2) is 19.6 Å². The van der Waals surface area contributed by atoms with E-state index in [2.05, 4.69) is 15.7 Å². The van der Waals surface area contributed by atoms with Gasteiger partial charge in [-0.2, -0.15) is 0 Å². The van der Waals surface area contributed by atoms with E-state index in [4.69, 9.17) is 21.1 Å². The third-order valence-electron chi connectivity index (χ3n) is 5.87. The van der Waals surface area contributed by atoms with E-state index in [1.165, 1.54) is 19.1 Å². The fraction of sp³-hybridized carbons (Fsp3) is 0.357. The molecule has 0 saturated heterocycles. The summed E-state index contributed by atoms with van der Waals surface area (Å²) < 4.78 is 24.4. The summed E-state index contributed by atoms with van der Waals surface area (Å²) in [5.74, 6) is -1.36.